The molecule has 0 aliphatic carbocycles. The van der Waals surface area contributed by atoms with Gasteiger partial charge in [0.2, 0.25) is 5.82 Å². The number of anilines is 2. The van der Waals surface area contributed by atoms with Crippen LogP contribution in [0.4, 0.5) is 11.5 Å². The summed E-state index contributed by atoms with van der Waals surface area (Å²) in [6.45, 7) is 19.3. The summed E-state index contributed by atoms with van der Waals surface area (Å²) < 4.78 is 15.3. The zero-order chi connectivity index (χ0) is 62.5. The van der Waals surface area contributed by atoms with Crippen LogP contribution in [-0.2, 0) is 17.6 Å². The second kappa shape index (κ2) is 31.9. The molecular weight excluding hydrogens is 1090 g/mol. The van der Waals surface area contributed by atoms with Gasteiger partial charge < -0.3 is 45.9 Å². The Morgan fingerprint density at radius 2 is 1.08 bits per heavy atom. The minimum absolute atomic E-state index is 0.0507. The monoisotopic (exact) mass is 1170 g/mol. The van der Waals surface area contributed by atoms with Gasteiger partial charge >= 0.3 is 5.97 Å². The molecule has 0 spiro atoms. The van der Waals surface area contributed by atoms with E-state index in [2.05, 4.69) is 55.9 Å². The predicted octanol–water partition coefficient (Wildman–Crippen LogP) is 10.8. The summed E-state index contributed by atoms with van der Waals surface area (Å²) in [6.07, 6.45) is 3.95. The molecule has 9 aromatic rings. The third-order valence-electron chi connectivity index (χ3n) is 14.3. The molecule has 7 N–H and O–H groups in total. The number of fused-ring (bicyclic) bond motifs is 3. The Kier molecular flexibility index (Phi) is 24.3. The average molecular weight is 1170 g/mol. The first-order chi connectivity index (χ1) is 41.3. The SMILES string of the molecule is CCN(CC)CCCC(C)Nc1nc(C(=O)CCc2cccc(OC)c2)nc2c(C)cccc12.CCOC(=O)c1nc2c(C)cccc2c(=O)[nH]1.COc1cccc(CCC(=O)c2nc3c(C)cccc3c(=O)[nH]2)c1.Cc1cccc(C(N)=O)c1N. The molecule has 1 unspecified atom stereocenters. The third-order valence-corrected chi connectivity index (χ3v) is 14.3. The zero-order valence-corrected chi connectivity index (χ0v) is 50.8. The molecule has 9 rings (SSSR count). The van der Waals surface area contributed by atoms with Crippen molar-refractivity contribution in [3.8, 4) is 11.5 Å². The van der Waals surface area contributed by atoms with E-state index in [0.29, 0.717) is 52.3 Å². The van der Waals surface area contributed by atoms with E-state index in [0.717, 1.165) is 94.1 Å². The number of para-hydroxylation sites is 4. The number of ether oxygens (including phenoxy) is 3. The van der Waals surface area contributed by atoms with Crippen LogP contribution in [0.2, 0.25) is 0 Å². The summed E-state index contributed by atoms with van der Waals surface area (Å²) in [7, 11) is 3.25. The molecule has 6 aromatic carbocycles. The number of aromatic nitrogens is 6. The number of nitrogens with two attached hydrogens (primary N) is 2. The van der Waals surface area contributed by atoms with E-state index in [-0.39, 0.29) is 59.2 Å². The van der Waals surface area contributed by atoms with Gasteiger partial charge in [-0.25, -0.2) is 24.7 Å². The van der Waals surface area contributed by atoms with E-state index >= 15 is 0 Å². The number of nitrogens with zero attached hydrogens (tertiary/aromatic N) is 5. The highest BCUT2D eigenvalue weighted by molar-refractivity contribution is 5.99. The van der Waals surface area contributed by atoms with E-state index in [4.69, 9.17) is 30.7 Å². The summed E-state index contributed by atoms with van der Waals surface area (Å²) in [5, 5.41) is 5.50. The number of aromatic amines is 2. The number of ketones is 2. The summed E-state index contributed by atoms with van der Waals surface area (Å²) in [5.41, 5.74) is 18.5. The van der Waals surface area contributed by atoms with Crippen molar-refractivity contribution < 1.29 is 33.4 Å². The second-order valence-electron chi connectivity index (χ2n) is 20.5. The van der Waals surface area contributed by atoms with Gasteiger partial charge in [0, 0.05) is 30.0 Å². The van der Waals surface area contributed by atoms with E-state index in [1.165, 1.54) is 0 Å². The maximum Gasteiger partial charge on any atom is 0.374 e. The van der Waals surface area contributed by atoms with Crippen LogP contribution in [0.1, 0.15) is 129 Å². The predicted molar refractivity (Wildman–Crippen MR) is 340 cm³/mol. The Labute approximate surface area is 501 Å². The molecule has 86 heavy (non-hydrogen) atoms. The van der Waals surface area contributed by atoms with E-state index in [9.17, 15) is 28.8 Å². The van der Waals surface area contributed by atoms with E-state index in [1.54, 1.807) is 57.5 Å². The summed E-state index contributed by atoms with van der Waals surface area (Å²) in [4.78, 5) is 96.9. The number of hydrogen-bond acceptors (Lipinski definition) is 16. The van der Waals surface area contributed by atoms with Gasteiger partial charge in [0.15, 0.2) is 23.2 Å². The Morgan fingerprint density at radius 3 is 1.59 bits per heavy atom. The van der Waals surface area contributed by atoms with Crippen LogP contribution < -0.4 is 37.4 Å². The lowest BCUT2D eigenvalue weighted by Gasteiger charge is -2.20. The fourth-order valence-electron chi connectivity index (χ4n) is 9.33. The number of Topliss-reactive ketones (excluding diaryl/α,β-unsaturated/α-hetero) is 2. The highest BCUT2D eigenvalue weighted by atomic mass is 16.5. The number of amides is 1. The minimum atomic E-state index is -0.616. The molecule has 0 saturated heterocycles. The Balaban J connectivity index is 0.000000197. The van der Waals surface area contributed by atoms with Crippen LogP contribution in [0.25, 0.3) is 32.7 Å². The maximum atomic E-state index is 13.1. The van der Waals surface area contributed by atoms with Crippen LogP contribution in [-0.4, -0.2) is 105 Å². The van der Waals surface area contributed by atoms with Crippen LogP contribution in [0.3, 0.4) is 0 Å². The molecule has 0 aliphatic heterocycles. The van der Waals surface area contributed by atoms with Crippen LogP contribution >= 0.6 is 0 Å². The second-order valence-corrected chi connectivity index (χ2v) is 20.5. The highest BCUT2D eigenvalue weighted by Gasteiger charge is 2.19. The van der Waals surface area contributed by atoms with Crippen LogP contribution in [0.15, 0.2) is 131 Å². The lowest BCUT2D eigenvalue weighted by atomic mass is 10.1. The van der Waals surface area contributed by atoms with E-state index < -0.39 is 11.9 Å². The number of rotatable bonds is 21. The number of nitrogen functional groups attached to an aromatic ring is 1. The van der Waals surface area contributed by atoms with Crippen molar-refractivity contribution >= 4 is 67.7 Å². The lowest BCUT2D eigenvalue weighted by Crippen LogP contribution is -2.26. The van der Waals surface area contributed by atoms with Gasteiger partial charge in [-0.2, -0.15) is 0 Å². The smallest absolute Gasteiger partial charge is 0.374 e. The number of nitrogens with one attached hydrogen (secondary N) is 3. The van der Waals surface area contributed by atoms with Crippen LogP contribution in [0.5, 0.6) is 11.5 Å². The van der Waals surface area contributed by atoms with Gasteiger partial charge in [-0.15, -0.1) is 0 Å². The number of hydrogen-bond donors (Lipinski definition) is 5. The van der Waals surface area contributed by atoms with Crippen molar-refractivity contribution in [2.24, 2.45) is 5.73 Å². The van der Waals surface area contributed by atoms with Crippen molar-refractivity contribution in [1.82, 2.24) is 34.8 Å². The van der Waals surface area contributed by atoms with Crippen molar-refractivity contribution in [2.75, 3.05) is 51.5 Å². The molecule has 3 aromatic heterocycles. The lowest BCUT2D eigenvalue weighted by molar-refractivity contribution is 0.0511. The molecule has 450 valence electrons. The summed E-state index contributed by atoms with van der Waals surface area (Å²) >= 11 is 0. The first-order valence-electron chi connectivity index (χ1n) is 28.7. The molecule has 1 amide bonds. The van der Waals surface area contributed by atoms with Crippen molar-refractivity contribution in [1.29, 1.82) is 0 Å². The summed E-state index contributed by atoms with van der Waals surface area (Å²) in [6, 6.07) is 37.6. The number of carbonyl (C=O) groups is 4. The first-order valence-corrected chi connectivity index (χ1v) is 28.7. The fraction of sp³-hybridized carbons (Fsp3) is 0.313. The van der Waals surface area contributed by atoms with Crippen molar-refractivity contribution in [3.63, 3.8) is 0 Å². The quantitative estimate of drug-likeness (QED) is 0.0254. The molecule has 0 fully saturated rings. The number of benzene rings is 6. The van der Waals surface area contributed by atoms with Gasteiger partial charge in [0.1, 0.15) is 17.3 Å². The molecule has 19 heteroatoms. The third kappa shape index (κ3) is 17.9. The highest BCUT2D eigenvalue weighted by Crippen LogP contribution is 2.26. The molecule has 0 radical (unpaired) electrons. The minimum Gasteiger partial charge on any atom is -0.497 e. The zero-order valence-electron chi connectivity index (χ0n) is 50.8. The molecular formula is C67H78N10O9. The molecule has 0 aliphatic rings. The van der Waals surface area contributed by atoms with Crippen molar-refractivity contribution in [2.45, 2.75) is 100.0 Å². The van der Waals surface area contributed by atoms with Gasteiger partial charge in [-0.1, -0.05) is 86.6 Å². The largest absolute Gasteiger partial charge is 0.497 e. The Morgan fingerprint density at radius 1 is 0.605 bits per heavy atom. The number of primary amides is 1. The van der Waals surface area contributed by atoms with Crippen molar-refractivity contribution in [3.05, 3.63) is 198 Å². The number of esters is 1. The van der Waals surface area contributed by atoms with Gasteiger partial charge in [-0.05, 0) is 169 Å². The molecule has 3 heterocycles. The number of aryl methyl sites for hydroxylation is 6. The number of H-pyrrole nitrogens is 2. The Hall–Kier alpha value is -9.62. The molecule has 0 bridgehead atoms. The average Bonchev–Trinajstić information content (AvgIpc) is 2.09. The fourth-order valence-corrected chi connectivity index (χ4v) is 9.33. The standard InChI is InChI=1S/C28H38N4O2.C19H18N2O3.C12H12N2O3.C8H10N2O/c1-6-32(7-2)18-10-12-21(4)29-27-24-15-8-11-20(3)26(24)30-28(31-27)25(33)17-16-22-13-9-14-23(19-22)34-5;1-12-5-3-8-15-17(12)20-18(21-19(15)23)16(22)10-9-13-6-4-7-14(11-13)24-2;1-3-17-12(16)10-13-9-7(2)5-4-6-8(9)11(15)14-10;1-5-3-2-4-6(7(5)9)8(10)11/h8-9,11,13-15,19,21H,6-7,10,12,16-18H2,1-5H3,(H,29,30,31);3-8,11H,9-10H2,1-2H3,(H,20,21,23);4-6H,3H2,1-2H3,(H,13,14,15);2-4H,9H2,1H3,(H2,10,11). The van der Waals surface area contributed by atoms with Gasteiger partial charge in [0.05, 0.1) is 53.7 Å². The van der Waals surface area contributed by atoms with Crippen LogP contribution in [0, 0.1) is 27.7 Å². The number of methoxy groups -OCH3 is 2. The number of carbonyl (C=O) groups excluding carboxylic acids is 4. The van der Waals surface area contributed by atoms with Gasteiger partial charge in [-0.3, -0.25) is 24.0 Å². The summed E-state index contributed by atoms with van der Waals surface area (Å²) in [5.74, 6) is 1.31. The first kappa shape index (κ1) is 65.5. The molecule has 1 atom stereocenters. The van der Waals surface area contributed by atoms with Gasteiger partial charge in [0.25, 0.3) is 17.0 Å². The normalized spacial score (nSPS) is 11.1. The topological polar surface area (TPSA) is 281 Å². The Bertz CT molecular complexity index is 3950. The maximum absolute atomic E-state index is 13.1. The van der Waals surface area contributed by atoms with E-state index in [1.807, 2.05) is 113 Å². The molecule has 19 nitrogen and oxygen atoms in total. The molecule has 0 saturated carbocycles.